The molecule has 0 radical (unpaired) electrons. The molecular weight excluding hydrogens is 216 g/mol. The van der Waals surface area contributed by atoms with Crippen LogP contribution < -0.4 is 5.32 Å². The van der Waals surface area contributed by atoms with Gasteiger partial charge in [0.25, 0.3) is 0 Å². The maximum absolute atomic E-state index is 12.1. The lowest BCUT2D eigenvalue weighted by atomic mass is 10.1. The minimum Gasteiger partial charge on any atom is -0.385 e. The predicted molar refractivity (Wildman–Crippen MR) is 68.7 cm³/mol. The van der Waals surface area contributed by atoms with Gasteiger partial charge < -0.3 is 9.64 Å². The van der Waals surface area contributed by atoms with Crippen LogP contribution in [0.15, 0.2) is 0 Å². The summed E-state index contributed by atoms with van der Waals surface area (Å²) in [7, 11) is 1.73. The molecule has 0 spiro atoms. The lowest BCUT2D eigenvalue weighted by Gasteiger charge is -2.20. The molecule has 0 saturated carbocycles. The lowest BCUT2D eigenvalue weighted by molar-refractivity contribution is -0.130. The third kappa shape index (κ3) is 3.96. The summed E-state index contributed by atoms with van der Waals surface area (Å²) >= 11 is 0. The molecule has 1 N–H and O–H groups in total. The van der Waals surface area contributed by atoms with Gasteiger partial charge in [-0.2, -0.15) is 0 Å². The van der Waals surface area contributed by atoms with Gasteiger partial charge in [-0.3, -0.25) is 10.1 Å². The molecule has 2 atom stereocenters. The Kier molecular flexibility index (Phi) is 5.92. The molecule has 4 heteroatoms. The third-order valence-corrected chi connectivity index (χ3v) is 3.35. The maximum Gasteiger partial charge on any atom is 0.241 e. The maximum atomic E-state index is 12.1. The summed E-state index contributed by atoms with van der Waals surface area (Å²) in [6.07, 6.45) is 3.44. The fourth-order valence-corrected chi connectivity index (χ4v) is 2.28. The average molecular weight is 242 g/mol. The van der Waals surface area contributed by atoms with Crippen molar-refractivity contribution in [2.24, 2.45) is 5.92 Å². The van der Waals surface area contributed by atoms with Crippen molar-refractivity contribution in [3.63, 3.8) is 0 Å². The Bertz CT molecular complexity index is 244. The molecule has 1 aliphatic rings. The fourth-order valence-electron chi connectivity index (χ4n) is 2.28. The summed E-state index contributed by atoms with van der Waals surface area (Å²) < 4.78 is 5.01. The number of amides is 1. The molecule has 1 amide bonds. The second-order valence-electron chi connectivity index (χ2n) is 5.15. The first-order chi connectivity index (χ1) is 8.07. The smallest absolute Gasteiger partial charge is 0.241 e. The molecule has 0 aliphatic carbocycles. The zero-order chi connectivity index (χ0) is 12.8. The Hall–Kier alpha value is -0.610. The Morgan fingerprint density at radius 1 is 1.35 bits per heavy atom. The molecule has 1 rings (SSSR count). The molecule has 17 heavy (non-hydrogen) atoms. The minimum atomic E-state index is 0.00368. The molecule has 1 heterocycles. The van der Waals surface area contributed by atoms with Crippen LogP contribution in [0.1, 0.15) is 40.0 Å². The Morgan fingerprint density at radius 2 is 2.06 bits per heavy atom. The predicted octanol–water partition coefficient (Wildman–Crippen LogP) is 1.61. The van der Waals surface area contributed by atoms with E-state index in [4.69, 9.17) is 4.74 Å². The van der Waals surface area contributed by atoms with Crippen molar-refractivity contribution in [2.75, 3.05) is 20.3 Å². The van der Waals surface area contributed by atoms with Crippen molar-refractivity contribution in [1.29, 1.82) is 0 Å². The average Bonchev–Trinajstić information content (AvgIpc) is 2.56. The van der Waals surface area contributed by atoms with Gasteiger partial charge in [-0.15, -0.1) is 0 Å². The molecule has 1 saturated heterocycles. The second-order valence-corrected chi connectivity index (χ2v) is 5.15. The Balaban J connectivity index is 2.31. The zero-order valence-electron chi connectivity index (χ0n) is 11.5. The van der Waals surface area contributed by atoms with Gasteiger partial charge in [0.1, 0.15) is 0 Å². The number of carbonyl (C=O) groups excluding carboxylic acids is 1. The molecule has 100 valence electrons. The lowest BCUT2D eigenvalue weighted by Crippen LogP contribution is -2.35. The fraction of sp³-hybridized carbons (Fsp3) is 0.923. The van der Waals surface area contributed by atoms with Crippen LogP contribution in [0.5, 0.6) is 0 Å². The topological polar surface area (TPSA) is 41.6 Å². The van der Waals surface area contributed by atoms with Gasteiger partial charge in [-0.25, -0.2) is 0 Å². The number of carbonyl (C=O) groups is 1. The van der Waals surface area contributed by atoms with Crippen molar-refractivity contribution in [3.8, 4) is 0 Å². The van der Waals surface area contributed by atoms with E-state index in [0.29, 0.717) is 5.92 Å². The van der Waals surface area contributed by atoms with Gasteiger partial charge in [0.15, 0.2) is 0 Å². The Morgan fingerprint density at radius 3 is 2.59 bits per heavy atom. The van der Waals surface area contributed by atoms with Crippen molar-refractivity contribution in [2.45, 2.75) is 52.2 Å². The zero-order valence-corrected chi connectivity index (χ0v) is 11.5. The standard InChI is InChI=1S/C13H26N2O2/c1-10(2)12-13(16)15(11(3)14-12)8-6-5-7-9-17-4/h10-12,14H,5-9H2,1-4H3. The number of nitrogens with one attached hydrogen (secondary N) is 1. The van der Waals surface area contributed by atoms with Crippen LogP contribution in [0.4, 0.5) is 0 Å². The highest BCUT2D eigenvalue weighted by molar-refractivity contribution is 5.84. The van der Waals surface area contributed by atoms with Crippen LogP contribution in [0.3, 0.4) is 0 Å². The molecule has 0 bridgehead atoms. The van der Waals surface area contributed by atoms with Crippen molar-refractivity contribution >= 4 is 5.91 Å². The van der Waals surface area contributed by atoms with Gasteiger partial charge in [0.05, 0.1) is 12.2 Å². The van der Waals surface area contributed by atoms with Crippen LogP contribution in [-0.4, -0.2) is 43.3 Å². The van der Waals surface area contributed by atoms with E-state index in [-0.39, 0.29) is 18.1 Å². The van der Waals surface area contributed by atoms with Crippen LogP contribution >= 0.6 is 0 Å². The summed E-state index contributed by atoms with van der Waals surface area (Å²) in [5.41, 5.74) is 0. The first kappa shape index (κ1) is 14.5. The van der Waals surface area contributed by atoms with Gasteiger partial charge in [-0.05, 0) is 32.1 Å². The molecule has 0 aromatic heterocycles. The van der Waals surface area contributed by atoms with Crippen molar-refractivity contribution in [1.82, 2.24) is 10.2 Å². The van der Waals surface area contributed by atoms with E-state index in [0.717, 1.165) is 32.4 Å². The Labute approximate surface area is 105 Å². The van der Waals surface area contributed by atoms with Gasteiger partial charge in [0, 0.05) is 20.3 Å². The summed E-state index contributed by atoms with van der Waals surface area (Å²) in [6.45, 7) is 7.92. The van der Waals surface area contributed by atoms with Gasteiger partial charge in [0.2, 0.25) is 5.91 Å². The third-order valence-electron chi connectivity index (χ3n) is 3.35. The molecule has 2 unspecified atom stereocenters. The number of hydrogen-bond acceptors (Lipinski definition) is 3. The molecular formula is C13H26N2O2. The van der Waals surface area contributed by atoms with E-state index >= 15 is 0 Å². The number of unbranched alkanes of at least 4 members (excludes halogenated alkanes) is 2. The molecule has 0 aromatic carbocycles. The highest BCUT2D eigenvalue weighted by Crippen LogP contribution is 2.17. The van der Waals surface area contributed by atoms with Crippen molar-refractivity contribution in [3.05, 3.63) is 0 Å². The van der Waals surface area contributed by atoms with E-state index in [9.17, 15) is 4.79 Å². The number of ether oxygens (including phenoxy) is 1. The summed E-state index contributed by atoms with van der Waals surface area (Å²) in [4.78, 5) is 14.1. The van der Waals surface area contributed by atoms with Crippen molar-refractivity contribution < 1.29 is 9.53 Å². The van der Waals surface area contributed by atoms with Crippen LogP contribution in [0, 0.1) is 5.92 Å². The summed E-state index contributed by atoms with van der Waals surface area (Å²) in [5.74, 6) is 0.627. The monoisotopic (exact) mass is 242 g/mol. The largest absolute Gasteiger partial charge is 0.385 e. The van der Waals surface area contributed by atoms with Crippen LogP contribution in [0.25, 0.3) is 0 Å². The highest BCUT2D eigenvalue weighted by atomic mass is 16.5. The quantitative estimate of drug-likeness (QED) is 0.690. The van der Waals surface area contributed by atoms with E-state index in [1.807, 2.05) is 4.90 Å². The number of nitrogens with zero attached hydrogens (tertiary/aromatic N) is 1. The highest BCUT2D eigenvalue weighted by Gasteiger charge is 2.37. The second kappa shape index (κ2) is 6.97. The number of rotatable bonds is 7. The van der Waals surface area contributed by atoms with Gasteiger partial charge >= 0.3 is 0 Å². The van der Waals surface area contributed by atoms with Crippen LogP contribution in [0.2, 0.25) is 0 Å². The summed E-state index contributed by atoms with van der Waals surface area (Å²) in [6, 6.07) is 0.00368. The SMILES string of the molecule is COCCCCCN1C(=O)C(C(C)C)NC1C. The van der Waals surface area contributed by atoms with Gasteiger partial charge in [-0.1, -0.05) is 13.8 Å². The minimum absolute atomic E-state index is 0.00368. The first-order valence-corrected chi connectivity index (χ1v) is 6.63. The first-order valence-electron chi connectivity index (χ1n) is 6.63. The number of methoxy groups -OCH3 is 1. The summed E-state index contributed by atoms with van der Waals surface area (Å²) in [5, 5.41) is 3.36. The molecule has 1 aliphatic heterocycles. The van der Waals surface area contributed by atoms with E-state index in [1.165, 1.54) is 0 Å². The molecule has 0 aromatic rings. The normalized spacial score (nSPS) is 25.0. The van der Waals surface area contributed by atoms with E-state index < -0.39 is 0 Å². The molecule has 4 nitrogen and oxygen atoms in total. The van der Waals surface area contributed by atoms with Crippen LogP contribution in [-0.2, 0) is 9.53 Å². The van der Waals surface area contributed by atoms with E-state index in [2.05, 4.69) is 26.1 Å². The number of hydrogen-bond donors (Lipinski definition) is 1. The van der Waals surface area contributed by atoms with E-state index in [1.54, 1.807) is 7.11 Å². The molecule has 1 fully saturated rings.